The Kier molecular flexibility index (Phi) is 5.55. The summed E-state index contributed by atoms with van der Waals surface area (Å²) in [6, 6.07) is 11.3. The number of nitrogens with zero attached hydrogens (tertiary/aromatic N) is 3. The Bertz CT molecular complexity index is 1030. The molecule has 1 fully saturated rings. The number of piperidine rings is 1. The molecule has 7 heteroatoms. The Labute approximate surface area is 172 Å². The first-order chi connectivity index (χ1) is 13.5. The Morgan fingerprint density at radius 2 is 1.89 bits per heavy atom. The molecule has 28 heavy (non-hydrogen) atoms. The van der Waals surface area contributed by atoms with Gasteiger partial charge in [0.2, 0.25) is 5.91 Å². The van der Waals surface area contributed by atoms with Gasteiger partial charge < -0.3 is 4.90 Å². The summed E-state index contributed by atoms with van der Waals surface area (Å²) in [4.78, 5) is 33.2. The summed E-state index contributed by atoms with van der Waals surface area (Å²) in [5, 5.41) is 3.06. The quantitative estimate of drug-likeness (QED) is 0.478. The third-order valence-electron chi connectivity index (χ3n) is 5.03. The largest absolute Gasteiger partial charge is 0.341 e. The maximum absolute atomic E-state index is 13.1. The third-order valence-corrected chi connectivity index (χ3v) is 6.76. The fraction of sp³-hybridized carbons (Fsp3) is 0.381. The number of thioether (sulfide) groups is 1. The first-order valence-electron chi connectivity index (χ1n) is 9.49. The molecule has 2 atom stereocenters. The molecule has 0 unspecified atom stereocenters. The van der Waals surface area contributed by atoms with Crippen molar-refractivity contribution in [2.45, 2.75) is 25.4 Å². The van der Waals surface area contributed by atoms with Crippen LogP contribution >= 0.6 is 23.1 Å². The highest BCUT2D eigenvalue weighted by Gasteiger charge is 2.26. The second kappa shape index (κ2) is 8.09. The van der Waals surface area contributed by atoms with Crippen LogP contribution < -0.4 is 5.56 Å². The van der Waals surface area contributed by atoms with Crippen molar-refractivity contribution in [1.29, 1.82) is 0 Å². The van der Waals surface area contributed by atoms with E-state index in [4.69, 9.17) is 4.98 Å². The van der Waals surface area contributed by atoms with Crippen LogP contribution in [0, 0.1) is 11.8 Å². The Morgan fingerprint density at radius 1 is 1.18 bits per heavy atom. The van der Waals surface area contributed by atoms with E-state index in [0.29, 0.717) is 27.2 Å². The zero-order chi connectivity index (χ0) is 19.7. The molecule has 0 saturated carbocycles. The predicted octanol–water partition coefficient (Wildman–Crippen LogP) is 4.04. The minimum Gasteiger partial charge on any atom is -0.341 e. The highest BCUT2D eigenvalue weighted by molar-refractivity contribution is 7.99. The monoisotopic (exact) mass is 413 g/mol. The van der Waals surface area contributed by atoms with Gasteiger partial charge >= 0.3 is 0 Å². The number of thiophene rings is 1. The van der Waals surface area contributed by atoms with Gasteiger partial charge in [-0.3, -0.25) is 14.2 Å². The number of likely N-dealkylation sites (tertiary alicyclic amines) is 1. The zero-order valence-corrected chi connectivity index (χ0v) is 17.6. The average molecular weight is 414 g/mol. The molecule has 0 spiro atoms. The van der Waals surface area contributed by atoms with Crippen LogP contribution in [0.5, 0.6) is 0 Å². The van der Waals surface area contributed by atoms with Gasteiger partial charge in [-0.2, -0.15) is 0 Å². The molecule has 0 aliphatic carbocycles. The van der Waals surface area contributed by atoms with Gasteiger partial charge in [-0.25, -0.2) is 4.98 Å². The molecule has 146 valence electrons. The van der Waals surface area contributed by atoms with E-state index in [1.807, 2.05) is 46.7 Å². The maximum atomic E-state index is 13.1. The molecule has 2 aromatic heterocycles. The van der Waals surface area contributed by atoms with Gasteiger partial charge in [0.15, 0.2) is 5.16 Å². The number of carbonyl (C=O) groups excluding carboxylic acids is 1. The number of para-hydroxylation sites is 1. The number of hydrogen-bond donors (Lipinski definition) is 0. The van der Waals surface area contributed by atoms with Gasteiger partial charge in [-0.05, 0) is 41.8 Å². The normalized spacial score (nSPS) is 19.9. The van der Waals surface area contributed by atoms with Crippen molar-refractivity contribution in [2.75, 3.05) is 18.8 Å². The van der Waals surface area contributed by atoms with E-state index in [-0.39, 0.29) is 17.2 Å². The lowest BCUT2D eigenvalue weighted by molar-refractivity contribution is -0.130. The van der Waals surface area contributed by atoms with Crippen LogP contribution in [-0.2, 0) is 4.79 Å². The van der Waals surface area contributed by atoms with Crippen LogP contribution in [0.3, 0.4) is 0 Å². The van der Waals surface area contributed by atoms with E-state index in [1.165, 1.54) is 29.5 Å². The standard InChI is InChI=1S/C21H23N3O2S2/c1-14-10-15(2)12-23(11-14)18(25)13-28-21-22-19-17(8-9-27-19)20(26)24(21)16-6-4-3-5-7-16/h3-9,14-15H,10-13H2,1-2H3/t14-,15+. The smallest absolute Gasteiger partial charge is 0.267 e. The molecule has 1 amide bonds. The lowest BCUT2D eigenvalue weighted by Crippen LogP contribution is -2.43. The number of benzene rings is 1. The van der Waals surface area contributed by atoms with E-state index in [9.17, 15) is 9.59 Å². The van der Waals surface area contributed by atoms with Crippen LogP contribution in [0.25, 0.3) is 15.9 Å². The Morgan fingerprint density at radius 3 is 2.61 bits per heavy atom. The molecule has 0 bridgehead atoms. The summed E-state index contributed by atoms with van der Waals surface area (Å²) in [6.45, 7) is 6.02. The number of fused-ring (bicyclic) bond motifs is 1. The molecular weight excluding hydrogens is 390 g/mol. The lowest BCUT2D eigenvalue weighted by atomic mass is 9.92. The van der Waals surface area contributed by atoms with Gasteiger partial charge in [0.1, 0.15) is 4.83 Å². The summed E-state index contributed by atoms with van der Waals surface area (Å²) in [5.41, 5.74) is 0.677. The van der Waals surface area contributed by atoms with Crippen LogP contribution in [-0.4, -0.2) is 39.2 Å². The van der Waals surface area contributed by atoms with E-state index >= 15 is 0 Å². The zero-order valence-electron chi connectivity index (χ0n) is 16.0. The van der Waals surface area contributed by atoms with Gasteiger partial charge in [0.05, 0.1) is 16.8 Å². The van der Waals surface area contributed by atoms with Gasteiger partial charge in [0, 0.05) is 13.1 Å². The van der Waals surface area contributed by atoms with Gasteiger partial charge in [-0.1, -0.05) is 43.8 Å². The van der Waals surface area contributed by atoms with E-state index in [0.717, 1.165) is 18.8 Å². The molecule has 1 saturated heterocycles. The topological polar surface area (TPSA) is 55.2 Å². The number of carbonyl (C=O) groups is 1. The molecule has 0 N–H and O–H groups in total. The first-order valence-corrected chi connectivity index (χ1v) is 11.4. The fourth-order valence-electron chi connectivity index (χ4n) is 3.88. The summed E-state index contributed by atoms with van der Waals surface area (Å²) in [6.07, 6.45) is 1.17. The third kappa shape index (κ3) is 3.86. The molecule has 3 aromatic rings. The van der Waals surface area contributed by atoms with Crippen molar-refractivity contribution in [3.05, 3.63) is 52.1 Å². The van der Waals surface area contributed by atoms with Crippen LogP contribution in [0.4, 0.5) is 0 Å². The molecule has 3 heterocycles. The Balaban J connectivity index is 1.63. The van der Waals surface area contributed by atoms with Crippen molar-refractivity contribution in [3.8, 4) is 5.69 Å². The summed E-state index contributed by atoms with van der Waals surface area (Å²) in [7, 11) is 0. The molecule has 1 aliphatic rings. The van der Waals surface area contributed by atoms with E-state index in [2.05, 4.69) is 13.8 Å². The second-order valence-corrected chi connectivity index (χ2v) is 9.38. The van der Waals surface area contributed by atoms with Crippen molar-refractivity contribution in [3.63, 3.8) is 0 Å². The van der Waals surface area contributed by atoms with Crippen LogP contribution in [0.1, 0.15) is 20.3 Å². The van der Waals surface area contributed by atoms with E-state index < -0.39 is 0 Å². The average Bonchev–Trinajstić information content (AvgIpc) is 3.15. The number of rotatable bonds is 4. The lowest BCUT2D eigenvalue weighted by Gasteiger charge is -2.35. The van der Waals surface area contributed by atoms with Crippen LogP contribution in [0.2, 0.25) is 0 Å². The van der Waals surface area contributed by atoms with E-state index in [1.54, 1.807) is 4.57 Å². The number of amides is 1. The summed E-state index contributed by atoms with van der Waals surface area (Å²) >= 11 is 2.80. The summed E-state index contributed by atoms with van der Waals surface area (Å²) in [5.74, 6) is 1.46. The second-order valence-electron chi connectivity index (χ2n) is 7.54. The minimum absolute atomic E-state index is 0.0902. The number of aromatic nitrogens is 2. The highest BCUT2D eigenvalue weighted by atomic mass is 32.2. The molecule has 1 aromatic carbocycles. The molecule has 1 aliphatic heterocycles. The Hall–Kier alpha value is -2.12. The van der Waals surface area contributed by atoms with Crippen molar-refractivity contribution in [2.24, 2.45) is 11.8 Å². The SMILES string of the molecule is C[C@@H]1C[C@H](C)CN(C(=O)CSc2nc3sccc3c(=O)n2-c2ccccc2)C1. The fourth-order valence-corrected chi connectivity index (χ4v) is 5.60. The van der Waals surface area contributed by atoms with Crippen LogP contribution in [0.15, 0.2) is 51.7 Å². The van der Waals surface area contributed by atoms with Crippen molar-refractivity contribution >= 4 is 39.2 Å². The predicted molar refractivity (Wildman–Crippen MR) is 115 cm³/mol. The molecule has 0 radical (unpaired) electrons. The van der Waals surface area contributed by atoms with Crippen molar-refractivity contribution < 1.29 is 4.79 Å². The maximum Gasteiger partial charge on any atom is 0.267 e. The molecule has 4 rings (SSSR count). The molecular formula is C21H23N3O2S2. The number of hydrogen-bond acceptors (Lipinski definition) is 5. The molecule has 5 nitrogen and oxygen atoms in total. The highest BCUT2D eigenvalue weighted by Crippen LogP contribution is 2.26. The van der Waals surface area contributed by atoms with Gasteiger partial charge in [-0.15, -0.1) is 11.3 Å². The van der Waals surface area contributed by atoms with Gasteiger partial charge in [0.25, 0.3) is 5.56 Å². The van der Waals surface area contributed by atoms with Crippen molar-refractivity contribution in [1.82, 2.24) is 14.5 Å². The minimum atomic E-state index is -0.0902. The summed E-state index contributed by atoms with van der Waals surface area (Å²) < 4.78 is 1.62. The first kappa shape index (κ1) is 19.2.